The fourth-order valence-electron chi connectivity index (χ4n) is 5.83. The molecule has 0 radical (unpaired) electrons. The van der Waals surface area contributed by atoms with Gasteiger partial charge in [-0.3, -0.25) is 0 Å². The lowest BCUT2D eigenvalue weighted by Gasteiger charge is -2.29. The van der Waals surface area contributed by atoms with Crippen LogP contribution in [0.25, 0.3) is 21.8 Å². The zero-order valence-corrected chi connectivity index (χ0v) is 23.0. The summed E-state index contributed by atoms with van der Waals surface area (Å²) in [7, 11) is 4.42. The maximum absolute atomic E-state index is 6.29. The van der Waals surface area contributed by atoms with Gasteiger partial charge in [-0.15, -0.1) is 24.8 Å². The zero-order valence-electron chi connectivity index (χ0n) is 21.4. The normalized spacial score (nSPS) is 21.5. The number of hydrogen-bond acceptors (Lipinski definition) is 4. The van der Waals surface area contributed by atoms with Gasteiger partial charge in [-0.05, 0) is 96.2 Å². The van der Waals surface area contributed by atoms with Crippen LogP contribution in [0, 0.1) is 11.8 Å². The van der Waals surface area contributed by atoms with Crippen LogP contribution in [0.3, 0.4) is 0 Å². The average Bonchev–Trinajstić information content (AvgIpc) is 3.14. The minimum Gasteiger partial charge on any atom is -0.493 e. The number of rotatable bonds is 7. The summed E-state index contributed by atoms with van der Waals surface area (Å²) in [6.45, 7) is 9.44. The van der Waals surface area contributed by atoms with Crippen LogP contribution in [-0.2, 0) is 6.54 Å². The van der Waals surface area contributed by atoms with Gasteiger partial charge in [-0.2, -0.15) is 0 Å². The SMILES string of the molecule is CCn1c2ccc(OCC3CCCN(C)C3)cc2c2cc(OCC3CCCN(C)C3)ccc21.Cl.Cl. The molecule has 3 aromatic rings. The summed E-state index contributed by atoms with van der Waals surface area (Å²) >= 11 is 0. The average molecular weight is 523 g/mol. The van der Waals surface area contributed by atoms with Crippen molar-refractivity contribution >= 4 is 46.6 Å². The van der Waals surface area contributed by atoms with E-state index in [1.807, 2.05) is 0 Å². The molecule has 0 amide bonds. The lowest BCUT2D eigenvalue weighted by Crippen LogP contribution is -2.34. The fraction of sp³-hybridized carbons (Fsp3) is 0.571. The molecule has 2 aliphatic rings. The fourth-order valence-corrected chi connectivity index (χ4v) is 5.83. The van der Waals surface area contributed by atoms with Crippen molar-refractivity contribution in [3.63, 3.8) is 0 Å². The van der Waals surface area contributed by atoms with E-state index < -0.39 is 0 Å². The Bertz CT molecular complexity index is 1020. The van der Waals surface area contributed by atoms with Crippen molar-refractivity contribution in [1.29, 1.82) is 0 Å². The largest absolute Gasteiger partial charge is 0.493 e. The molecular formula is C28H41Cl2N3O2. The zero-order chi connectivity index (χ0) is 22.8. The molecule has 0 aliphatic carbocycles. The number of hydrogen-bond donors (Lipinski definition) is 0. The van der Waals surface area contributed by atoms with E-state index >= 15 is 0 Å². The summed E-state index contributed by atoms with van der Waals surface area (Å²) in [6, 6.07) is 13.2. The third kappa shape index (κ3) is 6.37. The molecular weight excluding hydrogens is 481 g/mol. The van der Waals surface area contributed by atoms with E-state index in [1.54, 1.807) is 0 Å². The number of piperidine rings is 2. The van der Waals surface area contributed by atoms with Gasteiger partial charge in [0, 0.05) is 53.3 Å². The van der Waals surface area contributed by atoms with Gasteiger partial charge in [-0.25, -0.2) is 0 Å². The number of fused-ring (bicyclic) bond motifs is 3. The van der Waals surface area contributed by atoms with E-state index in [4.69, 9.17) is 9.47 Å². The summed E-state index contributed by atoms with van der Waals surface area (Å²) in [5, 5.41) is 2.51. The van der Waals surface area contributed by atoms with E-state index in [-0.39, 0.29) is 24.8 Å². The molecule has 0 spiro atoms. The number of benzene rings is 2. The first-order valence-electron chi connectivity index (χ1n) is 12.8. The predicted octanol–water partition coefficient (Wildman–Crippen LogP) is 6.10. The van der Waals surface area contributed by atoms with Crippen LogP contribution in [0.5, 0.6) is 11.5 Å². The third-order valence-electron chi connectivity index (χ3n) is 7.54. The van der Waals surface area contributed by atoms with E-state index in [9.17, 15) is 0 Å². The van der Waals surface area contributed by atoms with Gasteiger partial charge in [0.15, 0.2) is 0 Å². The smallest absolute Gasteiger partial charge is 0.120 e. The second-order valence-electron chi connectivity index (χ2n) is 10.3. The Labute approximate surface area is 222 Å². The molecule has 0 saturated carbocycles. The highest BCUT2D eigenvalue weighted by Gasteiger charge is 2.19. The molecule has 5 nitrogen and oxygen atoms in total. The molecule has 2 atom stereocenters. The first kappa shape index (κ1) is 27.9. The van der Waals surface area contributed by atoms with Gasteiger partial charge in [0.2, 0.25) is 0 Å². The second kappa shape index (κ2) is 12.5. The van der Waals surface area contributed by atoms with Crippen LogP contribution in [0.2, 0.25) is 0 Å². The highest BCUT2D eigenvalue weighted by molar-refractivity contribution is 6.09. The summed E-state index contributed by atoms with van der Waals surface area (Å²) in [5.74, 6) is 3.19. The molecule has 2 aromatic carbocycles. The van der Waals surface area contributed by atoms with Crippen LogP contribution in [-0.4, -0.2) is 67.9 Å². The van der Waals surface area contributed by atoms with Crippen molar-refractivity contribution in [1.82, 2.24) is 14.4 Å². The molecule has 0 bridgehead atoms. The van der Waals surface area contributed by atoms with Gasteiger partial charge < -0.3 is 23.8 Å². The van der Waals surface area contributed by atoms with Gasteiger partial charge in [0.05, 0.1) is 13.2 Å². The quantitative estimate of drug-likeness (QED) is 0.375. The molecule has 1 aromatic heterocycles. The Morgan fingerprint density at radius 3 is 1.60 bits per heavy atom. The van der Waals surface area contributed by atoms with Gasteiger partial charge in [0.25, 0.3) is 0 Å². The summed E-state index contributed by atoms with van der Waals surface area (Å²) in [6.07, 6.45) is 5.07. The predicted molar refractivity (Wildman–Crippen MR) is 151 cm³/mol. The Morgan fingerprint density at radius 2 is 1.20 bits per heavy atom. The summed E-state index contributed by atoms with van der Waals surface area (Å²) in [4.78, 5) is 4.84. The van der Waals surface area contributed by atoms with Crippen LogP contribution in [0.15, 0.2) is 36.4 Å². The molecule has 0 N–H and O–H groups in total. The summed E-state index contributed by atoms with van der Waals surface area (Å²) in [5.41, 5.74) is 2.53. The summed E-state index contributed by atoms with van der Waals surface area (Å²) < 4.78 is 15.0. The lowest BCUT2D eigenvalue weighted by molar-refractivity contribution is 0.150. The molecule has 2 saturated heterocycles. The van der Waals surface area contributed by atoms with Crippen molar-refractivity contribution in [3.05, 3.63) is 36.4 Å². The van der Waals surface area contributed by atoms with Crippen LogP contribution >= 0.6 is 24.8 Å². The topological polar surface area (TPSA) is 29.9 Å². The van der Waals surface area contributed by atoms with Gasteiger partial charge in [-0.1, -0.05) is 0 Å². The first-order valence-corrected chi connectivity index (χ1v) is 12.8. The van der Waals surface area contributed by atoms with Crippen molar-refractivity contribution in [2.24, 2.45) is 11.8 Å². The van der Waals surface area contributed by atoms with E-state index in [2.05, 4.69) is 71.8 Å². The molecule has 3 heterocycles. The van der Waals surface area contributed by atoms with Crippen molar-refractivity contribution in [2.45, 2.75) is 39.2 Å². The van der Waals surface area contributed by atoms with Crippen molar-refractivity contribution in [2.75, 3.05) is 53.5 Å². The van der Waals surface area contributed by atoms with Crippen molar-refractivity contribution in [3.8, 4) is 11.5 Å². The monoisotopic (exact) mass is 521 g/mol. The maximum Gasteiger partial charge on any atom is 0.120 e. The first-order chi connectivity index (χ1) is 16.1. The molecule has 194 valence electrons. The maximum atomic E-state index is 6.29. The van der Waals surface area contributed by atoms with Gasteiger partial charge >= 0.3 is 0 Å². The number of nitrogens with zero attached hydrogens (tertiary/aromatic N) is 3. The minimum absolute atomic E-state index is 0. The molecule has 2 aliphatic heterocycles. The van der Waals surface area contributed by atoms with Crippen LogP contribution in [0.4, 0.5) is 0 Å². The van der Waals surface area contributed by atoms with E-state index in [0.29, 0.717) is 11.8 Å². The Morgan fingerprint density at radius 1 is 0.743 bits per heavy atom. The minimum atomic E-state index is 0. The molecule has 5 rings (SSSR count). The lowest BCUT2D eigenvalue weighted by atomic mass is 9.99. The Balaban J connectivity index is 0.00000171. The van der Waals surface area contributed by atoms with E-state index in [0.717, 1.165) is 44.3 Å². The molecule has 2 fully saturated rings. The third-order valence-corrected chi connectivity index (χ3v) is 7.54. The standard InChI is InChI=1S/C28H39N3O2.2ClH/c1-4-31-27-11-9-23(32-19-21-7-5-13-29(2)17-21)15-25(27)26-16-24(10-12-28(26)31)33-20-22-8-6-14-30(3)18-22;;/h9-12,15-16,21-22H,4-8,13-14,17-20H2,1-3H3;2*1H. The van der Waals surface area contributed by atoms with Gasteiger partial charge in [0.1, 0.15) is 11.5 Å². The number of aryl methyl sites for hydroxylation is 1. The second-order valence-corrected chi connectivity index (χ2v) is 10.3. The van der Waals surface area contributed by atoms with E-state index in [1.165, 1.54) is 60.6 Å². The number of halogens is 2. The number of ether oxygens (including phenoxy) is 2. The highest BCUT2D eigenvalue weighted by Crippen LogP contribution is 2.34. The number of likely N-dealkylation sites (tertiary alicyclic amines) is 2. The number of aromatic nitrogens is 1. The van der Waals surface area contributed by atoms with Crippen LogP contribution in [0.1, 0.15) is 32.6 Å². The Kier molecular flexibility index (Phi) is 10.00. The highest BCUT2D eigenvalue weighted by atomic mass is 35.5. The molecule has 2 unspecified atom stereocenters. The molecule has 35 heavy (non-hydrogen) atoms. The molecule has 7 heteroatoms. The van der Waals surface area contributed by atoms with Crippen molar-refractivity contribution < 1.29 is 9.47 Å². The Hall–Kier alpha value is -1.66. The van der Waals surface area contributed by atoms with Crippen LogP contribution < -0.4 is 9.47 Å².